The van der Waals surface area contributed by atoms with E-state index in [2.05, 4.69) is 10.1 Å². The van der Waals surface area contributed by atoms with Crippen molar-refractivity contribution in [2.24, 2.45) is 0 Å². The number of pyridine rings is 1. The summed E-state index contributed by atoms with van der Waals surface area (Å²) in [5.41, 5.74) is 2.59. The standard InChI is InChI=1S/C11H11N3O/c1-9-8-11(13-14(9)6-7-15)10-4-2-3-5-12-10/h2-5,7-8H,6H2,1H3. The second-order valence-corrected chi connectivity index (χ2v) is 3.23. The fraction of sp³-hybridized carbons (Fsp3) is 0.182. The highest BCUT2D eigenvalue weighted by Crippen LogP contribution is 2.15. The van der Waals surface area contributed by atoms with Crippen LogP contribution < -0.4 is 0 Å². The summed E-state index contributed by atoms with van der Waals surface area (Å²) in [4.78, 5) is 14.6. The Hall–Kier alpha value is -1.97. The van der Waals surface area contributed by atoms with E-state index < -0.39 is 0 Å². The normalized spacial score (nSPS) is 10.2. The highest BCUT2D eigenvalue weighted by Gasteiger charge is 2.06. The van der Waals surface area contributed by atoms with Crippen LogP contribution in [0.2, 0.25) is 0 Å². The summed E-state index contributed by atoms with van der Waals surface area (Å²) in [7, 11) is 0. The van der Waals surface area contributed by atoms with Crippen molar-refractivity contribution in [2.75, 3.05) is 0 Å². The summed E-state index contributed by atoms with van der Waals surface area (Å²) < 4.78 is 1.66. The molecule has 0 saturated carbocycles. The zero-order valence-corrected chi connectivity index (χ0v) is 8.42. The highest BCUT2D eigenvalue weighted by atomic mass is 16.1. The van der Waals surface area contributed by atoms with Crippen LogP contribution in [0, 0.1) is 6.92 Å². The Bertz CT molecular complexity index is 462. The Morgan fingerprint density at radius 2 is 2.27 bits per heavy atom. The van der Waals surface area contributed by atoms with Crippen molar-refractivity contribution < 1.29 is 4.79 Å². The molecule has 0 spiro atoms. The van der Waals surface area contributed by atoms with E-state index in [4.69, 9.17) is 0 Å². The summed E-state index contributed by atoms with van der Waals surface area (Å²) in [6, 6.07) is 7.59. The highest BCUT2D eigenvalue weighted by molar-refractivity contribution is 5.55. The van der Waals surface area contributed by atoms with Gasteiger partial charge in [-0.05, 0) is 25.1 Å². The molecule has 76 valence electrons. The zero-order valence-electron chi connectivity index (χ0n) is 8.42. The second-order valence-electron chi connectivity index (χ2n) is 3.23. The van der Waals surface area contributed by atoms with E-state index in [1.54, 1.807) is 10.9 Å². The van der Waals surface area contributed by atoms with E-state index in [1.807, 2.05) is 31.2 Å². The van der Waals surface area contributed by atoms with Gasteiger partial charge in [0.15, 0.2) is 0 Å². The number of aldehydes is 1. The van der Waals surface area contributed by atoms with Crippen LogP contribution in [0.1, 0.15) is 5.69 Å². The van der Waals surface area contributed by atoms with Gasteiger partial charge in [0, 0.05) is 11.9 Å². The molecule has 0 radical (unpaired) electrons. The molecule has 0 aromatic carbocycles. The molecule has 2 heterocycles. The minimum absolute atomic E-state index is 0.290. The van der Waals surface area contributed by atoms with Crippen molar-refractivity contribution in [3.8, 4) is 11.4 Å². The molecule has 2 aromatic heterocycles. The van der Waals surface area contributed by atoms with Gasteiger partial charge in [0.2, 0.25) is 0 Å². The van der Waals surface area contributed by atoms with Crippen LogP contribution in [0.3, 0.4) is 0 Å². The molecule has 0 N–H and O–H groups in total. The molecule has 0 aliphatic carbocycles. The lowest BCUT2D eigenvalue weighted by molar-refractivity contribution is -0.108. The Morgan fingerprint density at radius 1 is 1.40 bits per heavy atom. The SMILES string of the molecule is Cc1cc(-c2ccccn2)nn1CC=O. The third-order valence-corrected chi connectivity index (χ3v) is 2.16. The van der Waals surface area contributed by atoms with Gasteiger partial charge in [0.05, 0.1) is 12.2 Å². The first-order valence-corrected chi connectivity index (χ1v) is 4.71. The van der Waals surface area contributed by atoms with Gasteiger partial charge in [-0.25, -0.2) is 0 Å². The van der Waals surface area contributed by atoms with Crippen LogP contribution in [0.5, 0.6) is 0 Å². The molecule has 4 nitrogen and oxygen atoms in total. The van der Waals surface area contributed by atoms with Gasteiger partial charge in [-0.1, -0.05) is 6.07 Å². The topological polar surface area (TPSA) is 47.8 Å². The van der Waals surface area contributed by atoms with Gasteiger partial charge in [0.1, 0.15) is 12.0 Å². The number of carbonyl (C=O) groups is 1. The molecule has 2 rings (SSSR count). The van der Waals surface area contributed by atoms with Gasteiger partial charge >= 0.3 is 0 Å². The quantitative estimate of drug-likeness (QED) is 0.706. The molecule has 0 aliphatic heterocycles. The van der Waals surface area contributed by atoms with Gasteiger partial charge in [-0.3, -0.25) is 9.67 Å². The van der Waals surface area contributed by atoms with E-state index in [-0.39, 0.29) is 0 Å². The number of hydrogen-bond acceptors (Lipinski definition) is 3. The minimum atomic E-state index is 0.290. The number of hydrogen-bond donors (Lipinski definition) is 0. The number of rotatable bonds is 3. The predicted molar refractivity (Wildman–Crippen MR) is 56.3 cm³/mol. The molecular formula is C11H11N3O. The smallest absolute Gasteiger partial charge is 0.141 e. The maximum Gasteiger partial charge on any atom is 0.141 e. The first-order valence-electron chi connectivity index (χ1n) is 4.71. The summed E-state index contributed by atoms with van der Waals surface area (Å²) in [6.07, 6.45) is 2.56. The first-order chi connectivity index (χ1) is 7.31. The van der Waals surface area contributed by atoms with Crippen LogP contribution in [0.15, 0.2) is 30.5 Å². The summed E-state index contributed by atoms with van der Waals surface area (Å²) >= 11 is 0. The van der Waals surface area contributed by atoms with E-state index in [0.29, 0.717) is 6.54 Å². The van der Waals surface area contributed by atoms with Crippen molar-refractivity contribution in [3.63, 3.8) is 0 Å². The largest absolute Gasteiger partial charge is 0.301 e. The fourth-order valence-corrected chi connectivity index (χ4v) is 1.41. The monoisotopic (exact) mass is 201 g/mol. The van der Waals surface area contributed by atoms with Crippen LogP contribution in [0.25, 0.3) is 11.4 Å². The molecule has 0 unspecified atom stereocenters. The summed E-state index contributed by atoms with van der Waals surface area (Å²) in [5.74, 6) is 0. The molecule has 0 atom stereocenters. The van der Waals surface area contributed by atoms with Crippen LogP contribution in [-0.4, -0.2) is 21.1 Å². The number of aryl methyl sites for hydroxylation is 1. The Balaban J connectivity index is 2.38. The lowest BCUT2D eigenvalue weighted by Crippen LogP contribution is -2.02. The molecule has 0 fully saturated rings. The molecule has 15 heavy (non-hydrogen) atoms. The predicted octanol–water partition coefficient (Wildman–Crippen LogP) is 1.45. The van der Waals surface area contributed by atoms with E-state index in [9.17, 15) is 4.79 Å². The van der Waals surface area contributed by atoms with E-state index in [0.717, 1.165) is 23.4 Å². The fourth-order valence-electron chi connectivity index (χ4n) is 1.41. The lowest BCUT2D eigenvalue weighted by atomic mass is 10.2. The van der Waals surface area contributed by atoms with Crippen molar-refractivity contribution >= 4 is 6.29 Å². The third-order valence-electron chi connectivity index (χ3n) is 2.16. The van der Waals surface area contributed by atoms with Crippen LogP contribution in [0.4, 0.5) is 0 Å². The van der Waals surface area contributed by atoms with Crippen molar-refractivity contribution in [2.45, 2.75) is 13.5 Å². The number of nitrogens with zero attached hydrogens (tertiary/aromatic N) is 3. The van der Waals surface area contributed by atoms with Crippen LogP contribution >= 0.6 is 0 Å². The molecule has 2 aromatic rings. The zero-order chi connectivity index (χ0) is 10.7. The van der Waals surface area contributed by atoms with Crippen molar-refractivity contribution in [3.05, 3.63) is 36.2 Å². The third kappa shape index (κ3) is 1.93. The molecular weight excluding hydrogens is 190 g/mol. The minimum Gasteiger partial charge on any atom is -0.301 e. The van der Waals surface area contributed by atoms with E-state index >= 15 is 0 Å². The number of aromatic nitrogens is 3. The maximum atomic E-state index is 10.4. The average Bonchev–Trinajstić information content (AvgIpc) is 2.63. The van der Waals surface area contributed by atoms with Gasteiger partial charge < -0.3 is 4.79 Å². The first kappa shape index (κ1) is 9.58. The van der Waals surface area contributed by atoms with Gasteiger partial charge in [-0.2, -0.15) is 5.10 Å². The van der Waals surface area contributed by atoms with Gasteiger partial charge in [0.25, 0.3) is 0 Å². The summed E-state index contributed by atoms with van der Waals surface area (Å²) in [5, 5.41) is 4.29. The molecule has 0 bridgehead atoms. The average molecular weight is 201 g/mol. The molecule has 0 saturated heterocycles. The lowest BCUT2D eigenvalue weighted by Gasteiger charge is -1.96. The second kappa shape index (κ2) is 4.04. The van der Waals surface area contributed by atoms with Gasteiger partial charge in [-0.15, -0.1) is 0 Å². The maximum absolute atomic E-state index is 10.4. The Morgan fingerprint density at radius 3 is 2.93 bits per heavy atom. The molecule has 0 aliphatic rings. The molecule has 4 heteroatoms. The Labute approximate surface area is 87.6 Å². The van der Waals surface area contributed by atoms with Crippen molar-refractivity contribution in [1.29, 1.82) is 0 Å². The summed E-state index contributed by atoms with van der Waals surface area (Å²) in [6.45, 7) is 2.21. The number of carbonyl (C=O) groups excluding carboxylic acids is 1. The Kier molecular flexibility index (Phi) is 2.58. The van der Waals surface area contributed by atoms with Crippen molar-refractivity contribution in [1.82, 2.24) is 14.8 Å². The van der Waals surface area contributed by atoms with Crippen LogP contribution in [-0.2, 0) is 11.3 Å². The molecule has 0 amide bonds. The van der Waals surface area contributed by atoms with E-state index in [1.165, 1.54) is 0 Å².